The fourth-order valence-corrected chi connectivity index (χ4v) is 2.80. The second-order valence-corrected chi connectivity index (χ2v) is 6.82. The molecule has 0 radical (unpaired) electrons. The van der Waals surface area contributed by atoms with Crippen LogP contribution in [-0.2, 0) is 6.42 Å². The van der Waals surface area contributed by atoms with Crippen molar-refractivity contribution in [2.75, 3.05) is 13.0 Å². The number of hydrogen-bond acceptors (Lipinski definition) is 2. The Balaban J connectivity index is 1.86. The highest BCUT2D eigenvalue weighted by molar-refractivity contribution is 6.31. The predicted octanol–water partition coefficient (Wildman–Crippen LogP) is 5.15. The number of carbonyl (C=O) groups is 1. The molecule has 27 heavy (non-hydrogen) atoms. The molecule has 1 fully saturated rings. The van der Waals surface area contributed by atoms with Crippen molar-refractivity contribution >= 4 is 17.5 Å². The van der Waals surface area contributed by atoms with Gasteiger partial charge in [0.25, 0.3) is 5.91 Å². The molecule has 0 N–H and O–H groups in total. The van der Waals surface area contributed by atoms with E-state index in [1.165, 1.54) is 0 Å². The first-order valence-electron chi connectivity index (χ1n) is 11.5. The average molecular weight is 399 g/mol. The minimum atomic E-state index is -2.90. The summed E-state index contributed by atoms with van der Waals surface area (Å²) in [6.07, 6.45) is -3.44. The van der Waals surface area contributed by atoms with Gasteiger partial charge in [-0.25, -0.2) is 8.78 Å². The molecule has 2 heterocycles. The quantitative estimate of drug-likeness (QED) is 0.697. The lowest BCUT2D eigenvalue weighted by atomic mass is 9.87. The second kappa shape index (κ2) is 8.34. The van der Waals surface area contributed by atoms with E-state index in [1.807, 2.05) is 6.92 Å². The third kappa shape index (κ3) is 5.04. The Labute approximate surface area is 171 Å². The van der Waals surface area contributed by atoms with Crippen LogP contribution in [0, 0.1) is 12.7 Å². The van der Waals surface area contributed by atoms with E-state index in [1.54, 1.807) is 18.3 Å². The Kier molecular flexibility index (Phi) is 4.08. The van der Waals surface area contributed by atoms with Gasteiger partial charge in [-0.15, -0.1) is 0 Å². The van der Waals surface area contributed by atoms with Crippen molar-refractivity contribution in [3.63, 3.8) is 0 Å². The van der Waals surface area contributed by atoms with Crippen LogP contribution in [-0.4, -0.2) is 34.5 Å². The first-order valence-corrected chi connectivity index (χ1v) is 8.86. The van der Waals surface area contributed by atoms with Gasteiger partial charge in [-0.1, -0.05) is 17.7 Å². The number of nitrogens with zero attached hydrogens (tertiary/aromatic N) is 2. The van der Waals surface area contributed by atoms with E-state index in [0.29, 0.717) is 5.69 Å². The van der Waals surface area contributed by atoms with Crippen LogP contribution < -0.4 is 0 Å². The Hall–Kier alpha value is -2.01. The van der Waals surface area contributed by atoms with Gasteiger partial charge in [0.2, 0.25) is 0 Å². The lowest BCUT2D eigenvalue weighted by Gasteiger charge is -2.36. The number of alkyl halides is 1. The van der Waals surface area contributed by atoms with Crippen molar-refractivity contribution in [3.8, 4) is 0 Å². The van der Waals surface area contributed by atoms with Gasteiger partial charge in [-0.05, 0) is 68.8 Å². The summed E-state index contributed by atoms with van der Waals surface area (Å²) in [4.78, 5) is 17.3. The average Bonchev–Trinajstić information content (AvgIpc) is 2.67. The predicted molar refractivity (Wildman–Crippen MR) is 102 cm³/mol. The molecule has 1 amide bonds. The molecule has 1 aromatic heterocycles. The molecule has 1 aromatic carbocycles. The number of likely N-dealkylation sites (tertiary alicyclic amines) is 1. The Morgan fingerprint density at radius 2 is 2.11 bits per heavy atom. The van der Waals surface area contributed by atoms with Crippen molar-refractivity contribution in [2.45, 2.75) is 44.6 Å². The zero-order valence-electron chi connectivity index (χ0n) is 20.7. The van der Waals surface area contributed by atoms with Crippen molar-refractivity contribution in [3.05, 3.63) is 64.2 Å². The van der Waals surface area contributed by atoms with E-state index in [2.05, 4.69) is 4.98 Å². The number of benzene rings is 1. The van der Waals surface area contributed by atoms with Gasteiger partial charge in [0, 0.05) is 38.7 Å². The van der Waals surface area contributed by atoms with E-state index in [-0.39, 0.29) is 23.3 Å². The minimum absolute atomic E-state index is 0.0711. The summed E-state index contributed by atoms with van der Waals surface area (Å²) in [5.41, 5.74) is -1.74. The third-order valence-electron chi connectivity index (χ3n) is 4.20. The van der Waals surface area contributed by atoms with Crippen molar-refractivity contribution < 1.29 is 21.8 Å². The van der Waals surface area contributed by atoms with E-state index >= 15 is 4.39 Å². The number of halogens is 3. The largest absolute Gasteiger partial charge is 0.338 e. The number of aryl methyl sites for hydroxylation is 2. The lowest BCUT2D eigenvalue weighted by Crippen LogP contribution is -2.44. The van der Waals surface area contributed by atoms with Gasteiger partial charge in [0.1, 0.15) is 11.5 Å². The molecule has 3 nitrogen and oxygen atoms in total. The molecule has 0 atom stereocenters. The van der Waals surface area contributed by atoms with E-state index in [4.69, 9.17) is 19.8 Å². The van der Waals surface area contributed by atoms with E-state index < -0.39 is 54.6 Å². The van der Waals surface area contributed by atoms with Gasteiger partial charge >= 0.3 is 0 Å². The molecule has 2 aromatic rings. The third-order valence-corrected chi connectivity index (χ3v) is 4.49. The van der Waals surface area contributed by atoms with E-state index in [9.17, 15) is 9.18 Å². The van der Waals surface area contributed by atoms with Crippen LogP contribution >= 0.6 is 11.6 Å². The van der Waals surface area contributed by atoms with Crippen molar-refractivity contribution in [1.82, 2.24) is 9.88 Å². The molecule has 3 rings (SSSR count). The topological polar surface area (TPSA) is 33.2 Å². The molecule has 0 aliphatic carbocycles. The summed E-state index contributed by atoms with van der Waals surface area (Å²) in [5.74, 6) is -1.95. The molecule has 1 aliphatic rings. The van der Waals surface area contributed by atoms with Gasteiger partial charge < -0.3 is 4.90 Å². The zero-order chi connectivity index (χ0) is 24.8. The summed E-state index contributed by atoms with van der Waals surface area (Å²) in [6, 6.07) is 6.33. The molecular weight excluding hydrogens is 370 g/mol. The highest BCUT2D eigenvalue weighted by atomic mass is 35.5. The maximum absolute atomic E-state index is 16.0. The van der Waals surface area contributed by atoms with Crippen LogP contribution in [0.5, 0.6) is 0 Å². The summed E-state index contributed by atoms with van der Waals surface area (Å²) < 4.78 is 79.2. The summed E-state index contributed by atoms with van der Waals surface area (Å²) in [5, 5.41) is -0.403. The molecule has 1 saturated heterocycles. The fourth-order valence-electron chi connectivity index (χ4n) is 2.61. The molecular formula is C21H23ClF2N2O. The first-order chi connectivity index (χ1) is 15.1. The van der Waals surface area contributed by atoms with E-state index in [0.717, 1.165) is 23.8 Å². The number of rotatable bonds is 5. The zero-order valence-corrected chi connectivity index (χ0v) is 15.5. The van der Waals surface area contributed by atoms with Gasteiger partial charge in [-0.2, -0.15) is 0 Å². The summed E-state index contributed by atoms with van der Waals surface area (Å²) >= 11 is 5.69. The molecule has 0 bridgehead atoms. The molecule has 0 spiro atoms. The Morgan fingerprint density at radius 1 is 1.37 bits per heavy atom. The summed E-state index contributed by atoms with van der Waals surface area (Å²) in [6.45, 7) is -3.90. The SMILES string of the molecule is [2H]C1([2H])CC(F)(C([2H])([2H])CCc2ccc(C)cn2)CC([2H])([2H])N1C(=O)c1ccc(F)c(Cl)c1. The number of hydrogen-bond donors (Lipinski definition) is 0. The molecule has 144 valence electrons. The number of carbonyl (C=O) groups excluding carboxylic acids is 1. The highest BCUT2D eigenvalue weighted by Crippen LogP contribution is 2.32. The van der Waals surface area contributed by atoms with Gasteiger partial charge in [0.15, 0.2) is 0 Å². The number of pyridine rings is 1. The van der Waals surface area contributed by atoms with Crippen molar-refractivity contribution in [1.29, 1.82) is 0 Å². The second-order valence-electron chi connectivity index (χ2n) is 6.41. The van der Waals surface area contributed by atoms with Gasteiger partial charge in [-0.3, -0.25) is 9.78 Å². The monoisotopic (exact) mass is 398 g/mol. The van der Waals surface area contributed by atoms with Crippen LogP contribution in [0.4, 0.5) is 8.78 Å². The molecule has 0 saturated carbocycles. The minimum Gasteiger partial charge on any atom is -0.338 e. The maximum Gasteiger partial charge on any atom is 0.253 e. The van der Waals surface area contributed by atoms with Crippen LogP contribution in [0.25, 0.3) is 0 Å². The van der Waals surface area contributed by atoms with Crippen LogP contribution in [0.15, 0.2) is 36.5 Å². The number of piperidine rings is 1. The summed E-state index contributed by atoms with van der Waals surface area (Å²) in [7, 11) is 0. The molecule has 0 unspecified atom stereocenters. The number of amides is 1. The standard InChI is InChI=1S/C21H23ClF2N2O/c1-15-4-6-17(25-14-15)3-2-8-21(24)9-11-26(12-10-21)20(27)16-5-7-19(23)18(22)13-16/h4-7,13-14H,2-3,8-12H2,1H3/i8D2,11D2,12D2. The maximum atomic E-state index is 16.0. The normalized spacial score (nSPS) is 23.9. The smallest absolute Gasteiger partial charge is 0.253 e. The Bertz CT molecular complexity index is 1030. The van der Waals surface area contributed by atoms with Crippen LogP contribution in [0.2, 0.25) is 5.02 Å². The first kappa shape index (κ1) is 13.2. The Morgan fingerprint density at radius 3 is 2.74 bits per heavy atom. The highest BCUT2D eigenvalue weighted by Gasteiger charge is 2.35. The fraction of sp³-hybridized carbons (Fsp3) is 0.429. The lowest BCUT2D eigenvalue weighted by molar-refractivity contribution is 0.0389. The van der Waals surface area contributed by atoms with Crippen LogP contribution in [0.3, 0.4) is 0 Å². The van der Waals surface area contributed by atoms with Crippen molar-refractivity contribution in [2.24, 2.45) is 0 Å². The van der Waals surface area contributed by atoms with Crippen LogP contribution in [0.1, 0.15) is 55.5 Å². The molecule has 1 aliphatic heterocycles. The molecule has 6 heteroatoms. The number of aromatic nitrogens is 1. The van der Waals surface area contributed by atoms with Gasteiger partial charge in [0.05, 0.1) is 5.02 Å².